The molecule has 0 aliphatic heterocycles. The Kier molecular flexibility index (Phi) is 5.44. The molecule has 2 aromatic carbocycles. The number of nitrogens with one attached hydrogen (secondary N) is 1. The molecule has 0 spiro atoms. The molecule has 110 valence electrons. The van der Waals surface area contributed by atoms with Crippen LogP contribution in [-0.2, 0) is 6.54 Å². The molecule has 2 rings (SSSR count). The molecule has 2 N–H and O–H groups in total. The van der Waals surface area contributed by atoms with E-state index in [4.69, 9.17) is 0 Å². The summed E-state index contributed by atoms with van der Waals surface area (Å²) in [5.41, 5.74) is 1.48. The van der Waals surface area contributed by atoms with E-state index in [1.807, 2.05) is 24.3 Å². The fraction of sp³-hybridized carbons (Fsp3) is 0.200. The molecule has 21 heavy (non-hydrogen) atoms. The molecule has 0 aromatic heterocycles. The van der Waals surface area contributed by atoms with Gasteiger partial charge in [-0.1, -0.05) is 46.3 Å². The first-order valence-corrected chi connectivity index (χ1v) is 7.24. The predicted octanol–water partition coefficient (Wildman–Crippen LogP) is 3.18. The number of aliphatic hydroxyl groups is 1. The maximum Gasteiger partial charge on any atom is 0.273 e. The van der Waals surface area contributed by atoms with Gasteiger partial charge >= 0.3 is 0 Å². The standard InChI is InChI=1S/C15H15BrN2O3/c16-13-6-3-5-11(8-13)15(19)10-17-9-12-4-1-2-7-14(12)18(20)21/h1-8,15,17,19H,9-10H2. The molecule has 0 saturated heterocycles. The van der Waals surface area contributed by atoms with Gasteiger partial charge in [-0.15, -0.1) is 0 Å². The fourth-order valence-corrected chi connectivity index (χ4v) is 2.43. The molecule has 0 bridgehead atoms. The zero-order valence-electron chi connectivity index (χ0n) is 11.2. The van der Waals surface area contributed by atoms with Crippen molar-refractivity contribution in [2.24, 2.45) is 0 Å². The quantitative estimate of drug-likeness (QED) is 0.619. The lowest BCUT2D eigenvalue weighted by Gasteiger charge is -2.12. The summed E-state index contributed by atoms with van der Waals surface area (Å²) in [5.74, 6) is 0. The molecule has 2 aromatic rings. The molecular formula is C15H15BrN2O3. The maximum absolute atomic E-state index is 10.9. The van der Waals surface area contributed by atoms with Crippen molar-refractivity contribution in [1.82, 2.24) is 5.32 Å². The highest BCUT2D eigenvalue weighted by Gasteiger charge is 2.13. The maximum atomic E-state index is 10.9. The number of benzene rings is 2. The largest absolute Gasteiger partial charge is 0.387 e. The minimum absolute atomic E-state index is 0.0851. The van der Waals surface area contributed by atoms with E-state index in [9.17, 15) is 15.2 Å². The Morgan fingerprint density at radius 1 is 1.24 bits per heavy atom. The zero-order valence-corrected chi connectivity index (χ0v) is 12.8. The molecule has 0 amide bonds. The van der Waals surface area contributed by atoms with Crippen LogP contribution in [0.5, 0.6) is 0 Å². The highest BCUT2D eigenvalue weighted by atomic mass is 79.9. The minimum atomic E-state index is -0.662. The fourth-order valence-electron chi connectivity index (χ4n) is 2.01. The second kappa shape index (κ2) is 7.31. The Morgan fingerprint density at radius 2 is 2.00 bits per heavy atom. The molecule has 5 nitrogen and oxygen atoms in total. The molecule has 1 unspecified atom stereocenters. The number of halogens is 1. The minimum Gasteiger partial charge on any atom is -0.387 e. The van der Waals surface area contributed by atoms with Crippen molar-refractivity contribution in [3.63, 3.8) is 0 Å². The first-order valence-electron chi connectivity index (χ1n) is 6.44. The number of nitro benzene ring substituents is 1. The van der Waals surface area contributed by atoms with Gasteiger partial charge in [-0.2, -0.15) is 0 Å². The summed E-state index contributed by atoms with van der Waals surface area (Å²) >= 11 is 3.35. The third-order valence-corrected chi connectivity index (χ3v) is 3.57. The van der Waals surface area contributed by atoms with E-state index in [0.717, 1.165) is 10.0 Å². The normalized spacial score (nSPS) is 12.1. The molecule has 0 aliphatic carbocycles. The summed E-state index contributed by atoms with van der Waals surface area (Å²) in [6.45, 7) is 0.657. The van der Waals surface area contributed by atoms with Crippen molar-refractivity contribution in [2.75, 3.05) is 6.54 Å². The van der Waals surface area contributed by atoms with Crippen molar-refractivity contribution in [3.05, 3.63) is 74.2 Å². The van der Waals surface area contributed by atoms with Crippen molar-refractivity contribution in [1.29, 1.82) is 0 Å². The van der Waals surface area contributed by atoms with Crippen LogP contribution >= 0.6 is 15.9 Å². The lowest BCUT2D eigenvalue weighted by Crippen LogP contribution is -2.21. The van der Waals surface area contributed by atoms with E-state index in [1.165, 1.54) is 6.07 Å². The van der Waals surface area contributed by atoms with E-state index >= 15 is 0 Å². The van der Waals surface area contributed by atoms with Gasteiger partial charge in [0.25, 0.3) is 5.69 Å². The van der Waals surface area contributed by atoms with Gasteiger partial charge in [0.15, 0.2) is 0 Å². The van der Waals surface area contributed by atoms with Gasteiger partial charge < -0.3 is 10.4 Å². The number of rotatable bonds is 6. The van der Waals surface area contributed by atoms with Crippen LogP contribution in [-0.4, -0.2) is 16.6 Å². The van der Waals surface area contributed by atoms with Gasteiger partial charge in [0, 0.05) is 29.2 Å². The summed E-state index contributed by atoms with van der Waals surface area (Å²) in [5, 5.41) is 24.0. The molecule has 0 radical (unpaired) electrons. The van der Waals surface area contributed by atoms with Crippen LogP contribution in [0.25, 0.3) is 0 Å². The highest BCUT2D eigenvalue weighted by molar-refractivity contribution is 9.10. The molecule has 0 heterocycles. The van der Waals surface area contributed by atoms with Gasteiger partial charge in [-0.25, -0.2) is 0 Å². The summed E-state index contributed by atoms with van der Waals surface area (Å²) < 4.78 is 0.901. The van der Waals surface area contributed by atoms with E-state index in [1.54, 1.807) is 18.2 Å². The smallest absolute Gasteiger partial charge is 0.273 e. The predicted molar refractivity (Wildman–Crippen MR) is 83.9 cm³/mol. The number of hydrogen-bond donors (Lipinski definition) is 2. The topological polar surface area (TPSA) is 75.4 Å². The average Bonchev–Trinajstić information content (AvgIpc) is 2.47. The summed E-state index contributed by atoms with van der Waals surface area (Å²) in [4.78, 5) is 10.5. The molecule has 1 atom stereocenters. The Morgan fingerprint density at radius 3 is 2.71 bits per heavy atom. The Hall–Kier alpha value is -1.76. The second-order valence-corrected chi connectivity index (χ2v) is 5.50. The van der Waals surface area contributed by atoms with Crippen LogP contribution in [0.1, 0.15) is 17.2 Å². The summed E-state index contributed by atoms with van der Waals surface area (Å²) in [6, 6.07) is 14.0. The Labute approximate surface area is 130 Å². The molecule has 0 saturated carbocycles. The van der Waals surface area contributed by atoms with E-state index in [-0.39, 0.29) is 5.69 Å². The number of para-hydroxylation sites is 1. The zero-order chi connectivity index (χ0) is 15.2. The van der Waals surface area contributed by atoms with Gasteiger partial charge in [-0.3, -0.25) is 10.1 Å². The molecule has 0 fully saturated rings. The number of aliphatic hydroxyl groups excluding tert-OH is 1. The van der Waals surface area contributed by atoms with Gasteiger partial charge in [0.1, 0.15) is 0 Å². The lowest BCUT2D eigenvalue weighted by atomic mass is 10.1. The summed E-state index contributed by atoms with van der Waals surface area (Å²) in [7, 11) is 0. The van der Waals surface area contributed by atoms with Crippen LogP contribution in [0.3, 0.4) is 0 Å². The lowest BCUT2D eigenvalue weighted by molar-refractivity contribution is -0.385. The molecule has 0 aliphatic rings. The average molecular weight is 351 g/mol. The van der Waals surface area contributed by atoms with Crippen LogP contribution in [0.4, 0.5) is 5.69 Å². The van der Waals surface area contributed by atoms with Crippen molar-refractivity contribution in [3.8, 4) is 0 Å². The van der Waals surface area contributed by atoms with Crippen molar-refractivity contribution in [2.45, 2.75) is 12.6 Å². The third-order valence-electron chi connectivity index (χ3n) is 3.07. The van der Waals surface area contributed by atoms with Crippen LogP contribution < -0.4 is 5.32 Å². The first kappa shape index (κ1) is 15.6. The first-order chi connectivity index (χ1) is 10.1. The Bertz CT molecular complexity index is 634. The monoisotopic (exact) mass is 350 g/mol. The van der Waals surface area contributed by atoms with E-state index in [0.29, 0.717) is 18.7 Å². The number of hydrogen-bond acceptors (Lipinski definition) is 4. The van der Waals surface area contributed by atoms with Crippen LogP contribution in [0.2, 0.25) is 0 Å². The van der Waals surface area contributed by atoms with E-state index in [2.05, 4.69) is 21.2 Å². The second-order valence-electron chi connectivity index (χ2n) is 4.59. The van der Waals surface area contributed by atoms with Gasteiger partial charge in [0.2, 0.25) is 0 Å². The molecular weight excluding hydrogens is 336 g/mol. The summed E-state index contributed by atoms with van der Waals surface area (Å²) in [6.07, 6.45) is -0.662. The number of nitro groups is 1. The molecule has 6 heteroatoms. The SMILES string of the molecule is O=[N+]([O-])c1ccccc1CNCC(O)c1cccc(Br)c1. The van der Waals surface area contributed by atoms with Crippen molar-refractivity contribution < 1.29 is 10.0 Å². The third kappa shape index (κ3) is 4.35. The van der Waals surface area contributed by atoms with Crippen LogP contribution in [0, 0.1) is 10.1 Å². The van der Waals surface area contributed by atoms with Gasteiger partial charge in [-0.05, 0) is 17.7 Å². The highest BCUT2D eigenvalue weighted by Crippen LogP contribution is 2.19. The number of nitrogens with zero attached hydrogens (tertiary/aromatic N) is 1. The van der Waals surface area contributed by atoms with Gasteiger partial charge in [0.05, 0.1) is 11.0 Å². The Balaban J connectivity index is 1.94. The van der Waals surface area contributed by atoms with Crippen LogP contribution in [0.15, 0.2) is 53.0 Å². The van der Waals surface area contributed by atoms with E-state index < -0.39 is 11.0 Å². The van der Waals surface area contributed by atoms with Crippen molar-refractivity contribution >= 4 is 21.6 Å².